The summed E-state index contributed by atoms with van der Waals surface area (Å²) >= 11 is 1.09. The highest BCUT2D eigenvalue weighted by atomic mass is 32.2. The Hall–Kier alpha value is -2.27. The van der Waals surface area contributed by atoms with Crippen LogP contribution >= 0.6 is 11.8 Å². The van der Waals surface area contributed by atoms with Crippen LogP contribution in [0.3, 0.4) is 0 Å². The van der Waals surface area contributed by atoms with E-state index in [0.717, 1.165) is 28.5 Å². The van der Waals surface area contributed by atoms with Crippen molar-refractivity contribution >= 4 is 27.9 Å². The molecule has 0 aliphatic rings. The molecule has 0 fully saturated rings. The van der Waals surface area contributed by atoms with Crippen LogP contribution in [0, 0.1) is 6.92 Å². The first kappa shape index (κ1) is 12.7. The van der Waals surface area contributed by atoms with Crippen molar-refractivity contribution in [3.05, 3.63) is 60.0 Å². The lowest BCUT2D eigenvalue weighted by Gasteiger charge is -2.05. The minimum atomic E-state index is -0.0780. The number of nitrogens with zero attached hydrogens (tertiary/aromatic N) is 3. The van der Waals surface area contributed by atoms with Gasteiger partial charge in [-0.1, -0.05) is 12.1 Å². The molecule has 20 heavy (non-hydrogen) atoms. The maximum Gasteiger partial charge on any atom is 0.227 e. The van der Waals surface area contributed by atoms with Crippen LogP contribution in [0.2, 0.25) is 0 Å². The number of thioether (sulfide) groups is 1. The summed E-state index contributed by atoms with van der Waals surface area (Å²) < 4.78 is 0. The van der Waals surface area contributed by atoms with E-state index in [0.29, 0.717) is 10.6 Å². The number of fused-ring (bicyclic) bond motifs is 1. The fraction of sp³-hybridized carbons (Fsp3) is 0.0667. The van der Waals surface area contributed by atoms with Gasteiger partial charge < -0.3 is 0 Å². The fourth-order valence-corrected chi connectivity index (χ4v) is 2.55. The van der Waals surface area contributed by atoms with Crippen LogP contribution < -0.4 is 0 Å². The molecular formula is C15H11N3OS. The molecule has 1 aromatic carbocycles. The predicted molar refractivity (Wildman–Crippen MR) is 78.7 cm³/mol. The van der Waals surface area contributed by atoms with Crippen molar-refractivity contribution < 1.29 is 4.79 Å². The third kappa shape index (κ3) is 2.53. The van der Waals surface area contributed by atoms with E-state index in [1.807, 2.05) is 31.2 Å². The molecule has 0 N–H and O–H groups in total. The molecule has 0 saturated carbocycles. The van der Waals surface area contributed by atoms with Gasteiger partial charge in [-0.2, -0.15) is 0 Å². The number of hydrogen-bond donors (Lipinski definition) is 0. The van der Waals surface area contributed by atoms with Gasteiger partial charge in [-0.25, -0.2) is 9.97 Å². The van der Waals surface area contributed by atoms with Crippen LogP contribution in [-0.2, 0) is 0 Å². The smallest absolute Gasteiger partial charge is 0.227 e. The fourth-order valence-electron chi connectivity index (χ4n) is 1.80. The van der Waals surface area contributed by atoms with E-state index in [-0.39, 0.29) is 5.12 Å². The summed E-state index contributed by atoms with van der Waals surface area (Å²) in [6.45, 7) is 1.86. The van der Waals surface area contributed by atoms with Crippen LogP contribution in [0.25, 0.3) is 11.0 Å². The number of benzene rings is 1. The van der Waals surface area contributed by atoms with Gasteiger partial charge in [-0.05, 0) is 43.0 Å². The lowest BCUT2D eigenvalue weighted by molar-refractivity contribution is 0.108. The topological polar surface area (TPSA) is 55.7 Å². The standard InChI is InChI=1S/C15H11N3OS/c1-10-14(18-13-7-3-2-6-12(13)17-10)20-15(19)11-5-4-8-16-9-11/h2-9H,1H3. The molecule has 0 radical (unpaired) electrons. The minimum Gasteiger partial charge on any atom is -0.281 e. The number of rotatable bonds is 2. The minimum absolute atomic E-state index is 0.0780. The number of carbonyl (C=O) groups excluding carboxylic acids is 1. The van der Waals surface area contributed by atoms with Crippen molar-refractivity contribution in [2.24, 2.45) is 0 Å². The van der Waals surface area contributed by atoms with Gasteiger partial charge >= 0.3 is 0 Å². The van der Waals surface area contributed by atoms with Gasteiger partial charge in [0.15, 0.2) is 0 Å². The molecular weight excluding hydrogens is 270 g/mol. The third-order valence-electron chi connectivity index (χ3n) is 2.79. The van der Waals surface area contributed by atoms with E-state index in [1.165, 1.54) is 0 Å². The number of para-hydroxylation sites is 2. The maximum atomic E-state index is 12.2. The van der Waals surface area contributed by atoms with Crippen molar-refractivity contribution in [2.45, 2.75) is 11.9 Å². The number of aryl methyl sites for hydroxylation is 1. The van der Waals surface area contributed by atoms with Crippen LogP contribution in [-0.4, -0.2) is 20.1 Å². The van der Waals surface area contributed by atoms with E-state index >= 15 is 0 Å². The zero-order valence-corrected chi connectivity index (χ0v) is 11.6. The molecule has 2 aromatic heterocycles. The van der Waals surface area contributed by atoms with Gasteiger partial charge in [-0.3, -0.25) is 9.78 Å². The quantitative estimate of drug-likeness (QED) is 0.675. The summed E-state index contributed by atoms with van der Waals surface area (Å²) in [6, 6.07) is 11.1. The molecule has 0 aliphatic heterocycles. The molecule has 5 heteroatoms. The highest BCUT2D eigenvalue weighted by Gasteiger charge is 2.13. The average molecular weight is 281 g/mol. The van der Waals surface area contributed by atoms with Crippen molar-refractivity contribution in [1.82, 2.24) is 15.0 Å². The Bertz CT molecular complexity index is 774. The van der Waals surface area contributed by atoms with E-state index in [2.05, 4.69) is 15.0 Å². The van der Waals surface area contributed by atoms with Crippen LogP contribution in [0.1, 0.15) is 16.1 Å². The number of aromatic nitrogens is 3. The van der Waals surface area contributed by atoms with Gasteiger partial charge in [0.05, 0.1) is 16.7 Å². The summed E-state index contributed by atoms with van der Waals surface area (Å²) in [5.74, 6) is 0. The Morgan fingerprint density at radius 3 is 2.50 bits per heavy atom. The molecule has 0 bridgehead atoms. The molecule has 0 spiro atoms. The van der Waals surface area contributed by atoms with Crippen molar-refractivity contribution in [3.8, 4) is 0 Å². The Morgan fingerprint density at radius 2 is 1.80 bits per heavy atom. The molecule has 0 atom stereocenters. The summed E-state index contributed by atoms with van der Waals surface area (Å²) in [5.41, 5.74) is 2.94. The number of carbonyl (C=O) groups is 1. The zero-order chi connectivity index (χ0) is 13.9. The van der Waals surface area contributed by atoms with Gasteiger partial charge in [0, 0.05) is 18.0 Å². The molecule has 0 amide bonds. The number of hydrogen-bond acceptors (Lipinski definition) is 5. The van der Waals surface area contributed by atoms with E-state index in [4.69, 9.17) is 0 Å². The Morgan fingerprint density at radius 1 is 1.05 bits per heavy atom. The van der Waals surface area contributed by atoms with E-state index in [9.17, 15) is 4.79 Å². The van der Waals surface area contributed by atoms with Gasteiger partial charge in [0.1, 0.15) is 5.03 Å². The predicted octanol–water partition coefficient (Wildman–Crippen LogP) is 3.27. The molecule has 0 aliphatic carbocycles. The summed E-state index contributed by atoms with van der Waals surface area (Å²) in [5, 5.41) is 0.559. The zero-order valence-electron chi connectivity index (χ0n) is 10.8. The number of pyridine rings is 1. The molecule has 3 aromatic rings. The second-order valence-electron chi connectivity index (χ2n) is 4.23. The first-order valence-corrected chi connectivity index (χ1v) is 6.91. The van der Waals surface area contributed by atoms with Crippen LogP contribution in [0.4, 0.5) is 0 Å². The summed E-state index contributed by atoms with van der Waals surface area (Å²) in [6.07, 6.45) is 3.20. The highest BCUT2D eigenvalue weighted by Crippen LogP contribution is 2.24. The molecule has 98 valence electrons. The largest absolute Gasteiger partial charge is 0.281 e. The van der Waals surface area contributed by atoms with E-state index in [1.54, 1.807) is 24.5 Å². The first-order chi connectivity index (χ1) is 9.74. The lowest BCUT2D eigenvalue weighted by atomic mass is 10.3. The Balaban J connectivity index is 1.95. The van der Waals surface area contributed by atoms with E-state index < -0.39 is 0 Å². The Labute approximate surface area is 120 Å². The maximum absolute atomic E-state index is 12.2. The monoisotopic (exact) mass is 281 g/mol. The first-order valence-electron chi connectivity index (χ1n) is 6.09. The molecule has 0 unspecified atom stereocenters. The van der Waals surface area contributed by atoms with Crippen molar-refractivity contribution in [2.75, 3.05) is 0 Å². The van der Waals surface area contributed by atoms with Gasteiger partial charge in [0.2, 0.25) is 5.12 Å². The second-order valence-corrected chi connectivity index (χ2v) is 5.20. The SMILES string of the molecule is Cc1nc2ccccc2nc1SC(=O)c1cccnc1. The highest BCUT2D eigenvalue weighted by molar-refractivity contribution is 8.14. The second kappa shape index (κ2) is 5.38. The summed E-state index contributed by atoms with van der Waals surface area (Å²) in [7, 11) is 0. The van der Waals surface area contributed by atoms with Crippen LogP contribution in [0.15, 0.2) is 53.8 Å². The van der Waals surface area contributed by atoms with Gasteiger partial charge in [-0.15, -0.1) is 0 Å². The molecule has 4 nitrogen and oxygen atoms in total. The molecule has 3 rings (SSSR count). The molecule has 2 heterocycles. The van der Waals surface area contributed by atoms with Crippen LogP contribution in [0.5, 0.6) is 0 Å². The Kier molecular flexibility index (Phi) is 3.43. The van der Waals surface area contributed by atoms with Crippen molar-refractivity contribution in [3.63, 3.8) is 0 Å². The normalized spacial score (nSPS) is 10.7. The third-order valence-corrected chi connectivity index (χ3v) is 3.79. The average Bonchev–Trinajstić information content (AvgIpc) is 2.49. The van der Waals surface area contributed by atoms with Gasteiger partial charge in [0.25, 0.3) is 0 Å². The summed E-state index contributed by atoms with van der Waals surface area (Å²) in [4.78, 5) is 25.1. The van der Waals surface area contributed by atoms with Crippen molar-refractivity contribution in [1.29, 1.82) is 0 Å². The molecule has 0 saturated heterocycles. The lowest BCUT2D eigenvalue weighted by Crippen LogP contribution is -1.98.